The number of benzene rings is 2. The van der Waals surface area contributed by atoms with Crippen LogP contribution in [-0.2, 0) is 6.61 Å². The highest BCUT2D eigenvalue weighted by atomic mass is 16.3. The third-order valence-electron chi connectivity index (χ3n) is 2.52. The van der Waals surface area contributed by atoms with Crippen LogP contribution in [0.25, 0.3) is 11.1 Å². The average Bonchev–Trinajstić information content (AvgIpc) is 2.49. The first-order valence-corrected chi connectivity index (χ1v) is 6.05. The number of nitriles is 1. The summed E-state index contributed by atoms with van der Waals surface area (Å²) in [6, 6.07) is 17.4. The van der Waals surface area contributed by atoms with E-state index in [-0.39, 0.29) is 6.61 Å². The van der Waals surface area contributed by atoms with E-state index in [2.05, 4.69) is 6.07 Å². The van der Waals surface area contributed by atoms with Gasteiger partial charge in [-0.25, -0.2) is 0 Å². The van der Waals surface area contributed by atoms with E-state index >= 15 is 0 Å². The van der Waals surface area contributed by atoms with Gasteiger partial charge < -0.3 is 5.11 Å². The Labute approximate surface area is 108 Å². The van der Waals surface area contributed by atoms with Crippen LogP contribution in [-0.4, -0.2) is 5.11 Å². The molecule has 0 radical (unpaired) electrons. The minimum absolute atomic E-state index is 0.108. The number of nitrogens with zero attached hydrogens (tertiary/aromatic N) is 1. The largest absolute Gasteiger partial charge is 0.392 e. The molecule has 0 saturated carbocycles. The predicted molar refractivity (Wildman–Crippen MR) is 73.9 cm³/mol. The second kappa shape index (κ2) is 7.26. The summed E-state index contributed by atoms with van der Waals surface area (Å²) in [5, 5.41) is 18.3. The van der Waals surface area contributed by atoms with Crippen LogP contribution in [0, 0.1) is 11.3 Å². The van der Waals surface area contributed by atoms with Crippen molar-refractivity contribution in [1.29, 1.82) is 5.26 Å². The molecule has 0 heterocycles. The maximum Gasteiger partial charge on any atom is 0.100 e. The molecule has 0 unspecified atom stereocenters. The monoisotopic (exact) mass is 239 g/mol. The molecule has 18 heavy (non-hydrogen) atoms. The zero-order chi connectivity index (χ0) is 13.4. The van der Waals surface area contributed by atoms with Gasteiger partial charge in [0.1, 0.15) is 6.07 Å². The Balaban J connectivity index is 0.000000771. The van der Waals surface area contributed by atoms with Crippen molar-refractivity contribution < 1.29 is 5.11 Å². The van der Waals surface area contributed by atoms with Gasteiger partial charge in [-0.1, -0.05) is 62.4 Å². The van der Waals surface area contributed by atoms with Gasteiger partial charge in [-0.3, -0.25) is 0 Å². The molecule has 2 aromatic rings. The van der Waals surface area contributed by atoms with Crippen molar-refractivity contribution in [1.82, 2.24) is 0 Å². The molecule has 0 spiro atoms. The maximum atomic E-state index is 9.17. The van der Waals surface area contributed by atoms with E-state index in [1.807, 2.05) is 56.3 Å². The van der Waals surface area contributed by atoms with Crippen LogP contribution >= 0.6 is 0 Å². The normalized spacial score (nSPS) is 9.00. The molecule has 2 rings (SSSR count). The molecule has 0 bridgehead atoms. The molecule has 2 heteroatoms. The minimum Gasteiger partial charge on any atom is -0.392 e. The van der Waals surface area contributed by atoms with E-state index in [0.717, 1.165) is 11.1 Å². The molecular formula is C16H17NO. The molecule has 0 saturated heterocycles. The smallest absolute Gasteiger partial charge is 0.100 e. The molecule has 0 aliphatic carbocycles. The Bertz CT molecular complexity index is 527. The summed E-state index contributed by atoms with van der Waals surface area (Å²) >= 11 is 0. The Kier molecular flexibility index (Phi) is 5.63. The molecule has 2 nitrogen and oxygen atoms in total. The Morgan fingerprint density at radius 2 is 1.67 bits per heavy atom. The Morgan fingerprint density at radius 1 is 1.00 bits per heavy atom. The summed E-state index contributed by atoms with van der Waals surface area (Å²) in [7, 11) is 0. The molecule has 0 atom stereocenters. The first kappa shape index (κ1) is 14.0. The van der Waals surface area contributed by atoms with Crippen molar-refractivity contribution in [3.8, 4) is 17.2 Å². The first-order valence-electron chi connectivity index (χ1n) is 6.05. The molecule has 0 aliphatic heterocycles. The second-order valence-electron chi connectivity index (χ2n) is 3.48. The lowest BCUT2D eigenvalue weighted by atomic mass is 9.96. The fraction of sp³-hybridized carbons (Fsp3) is 0.188. The van der Waals surface area contributed by atoms with Crippen molar-refractivity contribution in [2.24, 2.45) is 0 Å². The summed E-state index contributed by atoms with van der Waals surface area (Å²) in [6.07, 6.45) is 0. The van der Waals surface area contributed by atoms with Gasteiger partial charge in [-0.2, -0.15) is 5.26 Å². The van der Waals surface area contributed by atoms with Crippen LogP contribution in [0.1, 0.15) is 25.0 Å². The number of rotatable bonds is 2. The highest BCUT2D eigenvalue weighted by molar-refractivity contribution is 5.71. The van der Waals surface area contributed by atoms with Crippen LogP contribution in [0.4, 0.5) is 0 Å². The van der Waals surface area contributed by atoms with Crippen molar-refractivity contribution >= 4 is 0 Å². The third kappa shape index (κ3) is 2.97. The first-order chi connectivity index (χ1) is 8.86. The second-order valence-corrected chi connectivity index (χ2v) is 3.48. The molecule has 0 aliphatic rings. The van der Waals surface area contributed by atoms with Gasteiger partial charge >= 0.3 is 0 Å². The number of aliphatic hydroxyl groups excluding tert-OH is 1. The summed E-state index contributed by atoms with van der Waals surface area (Å²) in [6.45, 7) is 3.89. The van der Waals surface area contributed by atoms with E-state index in [0.29, 0.717) is 11.1 Å². The van der Waals surface area contributed by atoms with Gasteiger partial charge in [0.05, 0.1) is 12.2 Å². The fourth-order valence-electron chi connectivity index (χ4n) is 1.72. The summed E-state index contributed by atoms with van der Waals surface area (Å²) < 4.78 is 0. The summed E-state index contributed by atoms with van der Waals surface area (Å²) in [5.74, 6) is 0. The van der Waals surface area contributed by atoms with Crippen LogP contribution in [0.15, 0.2) is 48.5 Å². The number of hydrogen-bond acceptors (Lipinski definition) is 2. The van der Waals surface area contributed by atoms with Crippen molar-refractivity contribution in [2.75, 3.05) is 0 Å². The lowest BCUT2D eigenvalue weighted by Gasteiger charge is -2.07. The number of aliphatic hydroxyl groups is 1. The van der Waals surface area contributed by atoms with Crippen LogP contribution in [0.2, 0.25) is 0 Å². The summed E-state index contributed by atoms with van der Waals surface area (Å²) in [4.78, 5) is 0. The van der Waals surface area contributed by atoms with Crippen LogP contribution in [0.3, 0.4) is 0 Å². The molecule has 0 amide bonds. The van der Waals surface area contributed by atoms with Gasteiger partial charge in [0.2, 0.25) is 0 Å². The zero-order valence-electron chi connectivity index (χ0n) is 10.7. The van der Waals surface area contributed by atoms with Gasteiger partial charge in [-0.15, -0.1) is 0 Å². The molecule has 1 N–H and O–H groups in total. The Hall–Kier alpha value is -2.11. The highest BCUT2D eigenvalue weighted by Crippen LogP contribution is 2.25. The maximum absolute atomic E-state index is 9.17. The lowest BCUT2D eigenvalue weighted by molar-refractivity contribution is 0.281. The fourth-order valence-corrected chi connectivity index (χ4v) is 1.72. The quantitative estimate of drug-likeness (QED) is 0.867. The third-order valence-corrected chi connectivity index (χ3v) is 2.52. The summed E-state index contributed by atoms with van der Waals surface area (Å²) in [5.41, 5.74) is 3.09. The molecule has 0 aromatic heterocycles. The minimum atomic E-state index is -0.108. The van der Waals surface area contributed by atoms with Gasteiger partial charge in [-0.05, 0) is 16.7 Å². The van der Waals surface area contributed by atoms with Gasteiger partial charge in [0.25, 0.3) is 0 Å². The van der Waals surface area contributed by atoms with E-state index < -0.39 is 0 Å². The van der Waals surface area contributed by atoms with Gasteiger partial charge in [0, 0.05) is 0 Å². The number of hydrogen-bond donors (Lipinski definition) is 1. The van der Waals surface area contributed by atoms with Crippen molar-refractivity contribution in [3.63, 3.8) is 0 Å². The van der Waals surface area contributed by atoms with Crippen molar-refractivity contribution in [2.45, 2.75) is 20.5 Å². The van der Waals surface area contributed by atoms with E-state index in [9.17, 15) is 0 Å². The van der Waals surface area contributed by atoms with Crippen molar-refractivity contribution in [3.05, 3.63) is 59.7 Å². The molecular weight excluding hydrogens is 222 g/mol. The highest BCUT2D eigenvalue weighted by Gasteiger charge is 2.08. The molecule has 0 fully saturated rings. The lowest BCUT2D eigenvalue weighted by Crippen LogP contribution is -1.92. The molecule has 92 valence electrons. The Morgan fingerprint density at radius 3 is 2.22 bits per heavy atom. The predicted octanol–water partition coefficient (Wildman–Crippen LogP) is 3.74. The van der Waals surface area contributed by atoms with Crippen LogP contribution in [0.5, 0.6) is 0 Å². The molecule has 2 aromatic carbocycles. The van der Waals surface area contributed by atoms with E-state index in [4.69, 9.17) is 10.4 Å². The van der Waals surface area contributed by atoms with Gasteiger partial charge in [0.15, 0.2) is 0 Å². The topological polar surface area (TPSA) is 44.0 Å². The van der Waals surface area contributed by atoms with Crippen LogP contribution < -0.4 is 0 Å². The standard InChI is InChI=1S/C14H11NO.C2H6/c15-9-14-12(10-16)7-4-8-13(14)11-5-2-1-3-6-11;1-2/h1-8,16H,10H2;1-2H3. The average molecular weight is 239 g/mol. The van der Waals surface area contributed by atoms with E-state index in [1.54, 1.807) is 6.07 Å². The zero-order valence-corrected chi connectivity index (χ0v) is 10.7. The SMILES string of the molecule is CC.N#Cc1c(CO)cccc1-c1ccccc1. The van der Waals surface area contributed by atoms with E-state index in [1.165, 1.54) is 0 Å².